The second-order valence-corrected chi connectivity index (χ2v) is 11.0. The zero-order valence-electron chi connectivity index (χ0n) is 25.3. The van der Waals surface area contributed by atoms with Gasteiger partial charge in [-0.05, 0) is 44.4 Å². The van der Waals surface area contributed by atoms with Crippen LogP contribution in [-0.2, 0) is 16.8 Å². The molecule has 0 aliphatic carbocycles. The Hall–Kier alpha value is -5.00. The van der Waals surface area contributed by atoms with Crippen molar-refractivity contribution in [3.05, 3.63) is 81.9 Å². The second kappa shape index (κ2) is 12.5. The molecule has 1 amide bonds. The number of nitrogens with one attached hydrogen (secondary N) is 1. The van der Waals surface area contributed by atoms with Crippen molar-refractivity contribution in [3.8, 4) is 22.9 Å². The molecule has 0 aliphatic heterocycles. The Morgan fingerprint density at radius 1 is 1.05 bits per heavy atom. The molecule has 4 rings (SSSR count). The number of ketones is 1. The number of hydrogen-bond acceptors (Lipinski definition) is 10. The summed E-state index contributed by atoms with van der Waals surface area (Å²) in [6.07, 6.45) is 0. The molecule has 12 nitrogen and oxygen atoms in total. The van der Waals surface area contributed by atoms with E-state index in [1.165, 1.54) is 4.57 Å². The lowest BCUT2D eigenvalue weighted by molar-refractivity contribution is -0.122. The number of nitrogens with zero attached hydrogens (tertiary/aromatic N) is 4. The number of hydrogen-bond donors (Lipinski definition) is 2. The van der Waals surface area contributed by atoms with E-state index < -0.39 is 35.3 Å². The van der Waals surface area contributed by atoms with E-state index in [9.17, 15) is 14.4 Å². The molecule has 2 heterocycles. The van der Waals surface area contributed by atoms with Crippen LogP contribution in [0.15, 0.2) is 57.7 Å². The van der Waals surface area contributed by atoms with Crippen molar-refractivity contribution in [1.29, 1.82) is 0 Å². The van der Waals surface area contributed by atoms with E-state index in [-0.39, 0.29) is 23.4 Å². The third-order valence-corrected chi connectivity index (χ3v) is 7.27. The van der Waals surface area contributed by atoms with Gasteiger partial charge in [0, 0.05) is 5.56 Å². The molecule has 0 aliphatic rings. The zero-order valence-corrected chi connectivity index (χ0v) is 25.3. The summed E-state index contributed by atoms with van der Waals surface area (Å²) < 4.78 is 17.8. The summed E-state index contributed by atoms with van der Waals surface area (Å²) >= 11 is 0. The van der Waals surface area contributed by atoms with Crippen LogP contribution in [0.4, 0.5) is 5.69 Å². The van der Waals surface area contributed by atoms with Crippen molar-refractivity contribution < 1.29 is 23.5 Å². The van der Waals surface area contributed by atoms with E-state index in [4.69, 9.17) is 19.6 Å². The third kappa shape index (κ3) is 6.27. The molecule has 1 atom stereocenters. The van der Waals surface area contributed by atoms with Crippen LogP contribution in [0.25, 0.3) is 11.4 Å². The Morgan fingerprint density at radius 3 is 2.35 bits per heavy atom. The summed E-state index contributed by atoms with van der Waals surface area (Å²) in [6, 6.07) is 13.4. The van der Waals surface area contributed by atoms with Gasteiger partial charge in [-0.1, -0.05) is 50.2 Å². The number of carbonyl (C=O) groups excluding carboxylic acids is 2. The fraction of sp³-hybridized carbons (Fsp3) is 0.355. The van der Waals surface area contributed by atoms with Gasteiger partial charge in [0.25, 0.3) is 11.4 Å². The van der Waals surface area contributed by atoms with E-state index in [1.54, 1.807) is 71.4 Å². The lowest BCUT2D eigenvalue weighted by atomic mass is 9.84. The van der Waals surface area contributed by atoms with Gasteiger partial charge in [0.05, 0.1) is 31.4 Å². The predicted octanol–water partition coefficient (Wildman–Crippen LogP) is 3.55. The molecule has 0 bridgehead atoms. The number of aryl methyl sites for hydroxylation is 1. The van der Waals surface area contributed by atoms with E-state index >= 15 is 0 Å². The molecule has 43 heavy (non-hydrogen) atoms. The molecule has 3 N–H and O–H groups in total. The Bertz CT molecular complexity index is 1690. The van der Waals surface area contributed by atoms with Gasteiger partial charge >= 0.3 is 0 Å². The van der Waals surface area contributed by atoms with Crippen LogP contribution in [0.3, 0.4) is 0 Å². The third-order valence-electron chi connectivity index (χ3n) is 7.27. The van der Waals surface area contributed by atoms with E-state index in [0.29, 0.717) is 28.6 Å². The van der Waals surface area contributed by atoms with E-state index in [1.807, 2.05) is 26.0 Å². The molecule has 2 aromatic carbocycles. The highest BCUT2D eigenvalue weighted by Crippen LogP contribution is 2.36. The van der Waals surface area contributed by atoms with Crippen LogP contribution in [0.5, 0.6) is 11.5 Å². The van der Waals surface area contributed by atoms with Crippen molar-refractivity contribution in [2.24, 2.45) is 5.92 Å². The summed E-state index contributed by atoms with van der Waals surface area (Å²) in [6.45, 7) is 8.54. The van der Waals surface area contributed by atoms with Gasteiger partial charge in [0.15, 0.2) is 11.5 Å². The van der Waals surface area contributed by atoms with Gasteiger partial charge in [-0.3, -0.25) is 19.0 Å². The monoisotopic (exact) mass is 588 g/mol. The van der Waals surface area contributed by atoms with Gasteiger partial charge in [-0.15, -0.1) is 10.2 Å². The topological polar surface area (TPSA) is 164 Å². The SMILES string of the molecule is COc1ccc(C(C)(C)c2nnc(C(=O)C(NC(=O)Cn3c(-c4ccccc4)nc(C)c(N)c3=O)C(C)C)o2)cc1OC. The highest BCUT2D eigenvalue weighted by molar-refractivity contribution is 5.98. The molecule has 0 saturated heterocycles. The number of rotatable bonds is 11. The fourth-order valence-electron chi connectivity index (χ4n) is 4.58. The summed E-state index contributed by atoms with van der Waals surface area (Å²) in [4.78, 5) is 44.4. The Morgan fingerprint density at radius 2 is 1.72 bits per heavy atom. The molecule has 4 aromatic rings. The van der Waals surface area contributed by atoms with Gasteiger partial charge in [0.1, 0.15) is 18.1 Å². The minimum atomic E-state index is -1.00. The van der Waals surface area contributed by atoms with Crippen molar-refractivity contribution in [3.63, 3.8) is 0 Å². The van der Waals surface area contributed by atoms with Gasteiger partial charge in [-0.25, -0.2) is 4.98 Å². The molecular formula is C31H36N6O6. The molecular weight excluding hydrogens is 552 g/mol. The summed E-state index contributed by atoms with van der Waals surface area (Å²) in [7, 11) is 3.09. The first-order chi connectivity index (χ1) is 20.4. The first kappa shape index (κ1) is 30.9. The Balaban J connectivity index is 1.58. The Kier molecular flexibility index (Phi) is 8.98. The van der Waals surface area contributed by atoms with Crippen LogP contribution >= 0.6 is 0 Å². The van der Waals surface area contributed by atoms with Gasteiger partial charge in [-0.2, -0.15) is 0 Å². The van der Waals surface area contributed by atoms with Crippen LogP contribution in [0.2, 0.25) is 0 Å². The minimum Gasteiger partial charge on any atom is -0.493 e. The standard InChI is InChI=1S/C31H36N6O6/c1-17(2)25(34-23(38)16-37-27(19-11-9-8-10-12-19)33-18(3)24(32)29(37)40)26(39)28-35-36-30(43-28)31(4,5)20-13-14-21(41-6)22(15-20)42-7/h8-15,17,25H,16,32H2,1-7H3,(H,34,38). The Labute approximate surface area is 249 Å². The van der Waals surface area contributed by atoms with Crippen molar-refractivity contribution in [2.75, 3.05) is 20.0 Å². The van der Waals surface area contributed by atoms with Gasteiger partial charge < -0.3 is 24.9 Å². The number of carbonyl (C=O) groups is 2. The summed E-state index contributed by atoms with van der Waals surface area (Å²) in [5.41, 5.74) is 6.38. The van der Waals surface area contributed by atoms with Crippen LogP contribution < -0.4 is 26.1 Å². The van der Waals surface area contributed by atoms with Crippen LogP contribution in [-0.4, -0.2) is 51.7 Å². The average Bonchev–Trinajstić information content (AvgIpc) is 3.51. The first-order valence-corrected chi connectivity index (χ1v) is 13.7. The number of nitrogens with two attached hydrogens (primary N) is 1. The smallest absolute Gasteiger partial charge is 0.286 e. The molecule has 0 radical (unpaired) electrons. The molecule has 0 spiro atoms. The number of methoxy groups -OCH3 is 2. The number of nitrogen functional groups attached to an aromatic ring is 1. The average molecular weight is 589 g/mol. The van der Waals surface area contributed by atoms with Crippen molar-refractivity contribution >= 4 is 17.4 Å². The molecule has 0 saturated carbocycles. The molecule has 226 valence electrons. The highest BCUT2D eigenvalue weighted by atomic mass is 16.5. The maximum Gasteiger partial charge on any atom is 0.286 e. The highest BCUT2D eigenvalue weighted by Gasteiger charge is 2.35. The largest absolute Gasteiger partial charge is 0.493 e. The number of Topliss-reactive ketones (excluding diaryl/α,β-unsaturated/α-hetero) is 1. The van der Waals surface area contributed by atoms with Crippen LogP contribution in [0, 0.1) is 12.8 Å². The van der Waals surface area contributed by atoms with Crippen LogP contribution in [0.1, 0.15) is 55.5 Å². The fourth-order valence-corrected chi connectivity index (χ4v) is 4.58. The quantitative estimate of drug-likeness (QED) is 0.248. The van der Waals surface area contributed by atoms with Crippen molar-refractivity contribution in [2.45, 2.75) is 52.6 Å². The second-order valence-electron chi connectivity index (χ2n) is 11.0. The number of benzene rings is 2. The van der Waals surface area contributed by atoms with E-state index in [2.05, 4.69) is 20.5 Å². The lowest BCUT2D eigenvalue weighted by Crippen LogP contribution is -2.46. The number of aromatic nitrogens is 4. The minimum absolute atomic E-state index is 0.0561. The first-order valence-electron chi connectivity index (χ1n) is 13.7. The number of ether oxygens (including phenoxy) is 2. The normalized spacial score (nSPS) is 12.2. The lowest BCUT2D eigenvalue weighted by Gasteiger charge is -2.22. The molecule has 2 aromatic heterocycles. The van der Waals surface area contributed by atoms with Crippen molar-refractivity contribution in [1.82, 2.24) is 25.1 Å². The molecule has 12 heteroatoms. The number of anilines is 1. The predicted molar refractivity (Wildman–Crippen MR) is 160 cm³/mol. The zero-order chi connectivity index (χ0) is 31.5. The van der Waals surface area contributed by atoms with E-state index in [0.717, 1.165) is 5.56 Å². The number of amides is 1. The summed E-state index contributed by atoms with van der Waals surface area (Å²) in [5.74, 6) is -0.115. The molecule has 0 fully saturated rings. The van der Waals surface area contributed by atoms with Gasteiger partial charge in [0.2, 0.25) is 17.6 Å². The maximum atomic E-state index is 13.5. The molecule has 1 unspecified atom stereocenters. The maximum absolute atomic E-state index is 13.5. The summed E-state index contributed by atoms with van der Waals surface area (Å²) in [5, 5.41) is 10.9.